The number of rotatable bonds is 4. The van der Waals surface area contributed by atoms with Gasteiger partial charge in [-0.3, -0.25) is 4.72 Å². The zero-order valence-electron chi connectivity index (χ0n) is 11.0. The van der Waals surface area contributed by atoms with Gasteiger partial charge >= 0.3 is 0 Å². The summed E-state index contributed by atoms with van der Waals surface area (Å²) in [6, 6.07) is 8.87. The number of methoxy groups -OCH3 is 1. The minimum absolute atomic E-state index is 0.0565. The average molecular weight is 294 g/mol. The lowest BCUT2D eigenvalue weighted by molar-refractivity contribution is 0.414. The molecule has 20 heavy (non-hydrogen) atoms. The van der Waals surface area contributed by atoms with E-state index in [4.69, 9.17) is 4.74 Å². The van der Waals surface area contributed by atoms with Crippen LogP contribution in [0.1, 0.15) is 5.69 Å². The Hall–Kier alpha value is -2.28. The molecule has 106 valence electrons. The van der Waals surface area contributed by atoms with E-state index in [1.165, 1.54) is 37.4 Å². The molecule has 0 saturated heterocycles. The SMILES string of the molecule is COc1ccc(S(=O)(=O)Nc2nc(C)ccc2O)cc1. The predicted octanol–water partition coefficient (Wildman–Crippen LogP) is 1.91. The predicted molar refractivity (Wildman–Crippen MR) is 74.4 cm³/mol. The fraction of sp³-hybridized carbons (Fsp3) is 0.154. The van der Waals surface area contributed by atoms with Gasteiger partial charge in [0.25, 0.3) is 10.0 Å². The van der Waals surface area contributed by atoms with Crippen molar-refractivity contribution in [1.29, 1.82) is 0 Å². The average Bonchev–Trinajstić information content (AvgIpc) is 2.43. The molecule has 1 aromatic heterocycles. The Labute approximate surface area is 117 Å². The van der Waals surface area contributed by atoms with Gasteiger partial charge in [0.2, 0.25) is 0 Å². The monoisotopic (exact) mass is 294 g/mol. The van der Waals surface area contributed by atoms with E-state index in [1.54, 1.807) is 13.0 Å². The highest BCUT2D eigenvalue weighted by Gasteiger charge is 2.17. The maximum atomic E-state index is 12.2. The van der Waals surface area contributed by atoms with E-state index >= 15 is 0 Å². The van der Waals surface area contributed by atoms with Gasteiger partial charge < -0.3 is 9.84 Å². The van der Waals surface area contributed by atoms with E-state index in [0.29, 0.717) is 11.4 Å². The Kier molecular flexibility index (Phi) is 3.80. The number of nitrogens with one attached hydrogen (secondary N) is 1. The second-order valence-corrected chi connectivity index (χ2v) is 5.78. The summed E-state index contributed by atoms with van der Waals surface area (Å²) in [6.45, 7) is 1.70. The third kappa shape index (κ3) is 3.00. The van der Waals surface area contributed by atoms with Gasteiger partial charge in [0.1, 0.15) is 5.75 Å². The first-order valence-electron chi connectivity index (χ1n) is 5.76. The lowest BCUT2D eigenvalue weighted by atomic mass is 10.3. The van der Waals surface area contributed by atoms with Gasteiger partial charge in [0.15, 0.2) is 11.6 Å². The number of anilines is 1. The normalized spacial score (nSPS) is 11.1. The van der Waals surface area contributed by atoms with Crippen molar-refractivity contribution in [3.63, 3.8) is 0 Å². The van der Waals surface area contributed by atoms with E-state index < -0.39 is 10.0 Å². The highest BCUT2D eigenvalue weighted by atomic mass is 32.2. The molecule has 0 saturated carbocycles. The number of sulfonamides is 1. The first kappa shape index (κ1) is 14.1. The van der Waals surface area contributed by atoms with Gasteiger partial charge in [0, 0.05) is 5.69 Å². The zero-order valence-corrected chi connectivity index (χ0v) is 11.8. The Morgan fingerprint density at radius 1 is 1.15 bits per heavy atom. The van der Waals surface area contributed by atoms with Gasteiger partial charge in [-0.25, -0.2) is 13.4 Å². The number of benzene rings is 1. The van der Waals surface area contributed by atoms with Crippen LogP contribution in [0.25, 0.3) is 0 Å². The number of hydrogen-bond donors (Lipinski definition) is 2. The first-order chi connectivity index (χ1) is 9.42. The van der Waals surface area contributed by atoms with Crippen LogP contribution in [-0.4, -0.2) is 25.6 Å². The van der Waals surface area contributed by atoms with Crippen molar-refractivity contribution in [2.75, 3.05) is 11.8 Å². The van der Waals surface area contributed by atoms with Gasteiger partial charge in [-0.15, -0.1) is 0 Å². The van der Waals surface area contributed by atoms with E-state index in [9.17, 15) is 13.5 Å². The van der Waals surface area contributed by atoms with Crippen LogP contribution in [0, 0.1) is 6.92 Å². The van der Waals surface area contributed by atoms with Crippen molar-refractivity contribution in [3.05, 3.63) is 42.1 Å². The summed E-state index contributed by atoms with van der Waals surface area (Å²) in [5.41, 5.74) is 0.593. The smallest absolute Gasteiger partial charge is 0.263 e. The summed E-state index contributed by atoms with van der Waals surface area (Å²) in [6.07, 6.45) is 0. The van der Waals surface area contributed by atoms with E-state index in [2.05, 4.69) is 9.71 Å². The summed E-state index contributed by atoms with van der Waals surface area (Å²) in [4.78, 5) is 4.01. The summed E-state index contributed by atoms with van der Waals surface area (Å²) < 4.78 is 31.5. The number of pyridine rings is 1. The fourth-order valence-corrected chi connectivity index (χ4v) is 2.58. The molecule has 7 heteroatoms. The molecule has 1 aromatic carbocycles. The topological polar surface area (TPSA) is 88.5 Å². The van der Waals surface area contributed by atoms with Crippen molar-refractivity contribution in [1.82, 2.24) is 4.98 Å². The highest BCUT2D eigenvalue weighted by molar-refractivity contribution is 7.92. The second kappa shape index (κ2) is 5.38. The second-order valence-electron chi connectivity index (χ2n) is 4.10. The van der Waals surface area contributed by atoms with Gasteiger partial charge in [0.05, 0.1) is 12.0 Å². The number of aryl methyl sites for hydroxylation is 1. The minimum atomic E-state index is -3.81. The Bertz CT molecular complexity index is 712. The van der Waals surface area contributed by atoms with Crippen LogP contribution in [0.5, 0.6) is 11.5 Å². The van der Waals surface area contributed by atoms with Crippen molar-refractivity contribution in [2.24, 2.45) is 0 Å². The molecule has 0 atom stereocenters. The maximum Gasteiger partial charge on any atom is 0.263 e. The number of hydrogen-bond acceptors (Lipinski definition) is 5. The van der Waals surface area contributed by atoms with Crippen molar-refractivity contribution in [2.45, 2.75) is 11.8 Å². The van der Waals surface area contributed by atoms with Crippen molar-refractivity contribution < 1.29 is 18.3 Å². The maximum absolute atomic E-state index is 12.2. The largest absolute Gasteiger partial charge is 0.504 e. The molecule has 0 spiro atoms. The summed E-state index contributed by atoms with van der Waals surface area (Å²) >= 11 is 0. The molecule has 6 nitrogen and oxygen atoms in total. The van der Waals surface area contributed by atoms with Crippen LogP contribution in [0.4, 0.5) is 5.82 Å². The number of aromatic nitrogens is 1. The number of aromatic hydroxyl groups is 1. The lowest BCUT2D eigenvalue weighted by Gasteiger charge is -2.09. The Balaban J connectivity index is 2.32. The van der Waals surface area contributed by atoms with Crippen LogP contribution in [0.15, 0.2) is 41.3 Å². The van der Waals surface area contributed by atoms with Gasteiger partial charge in [-0.2, -0.15) is 0 Å². The standard InChI is InChI=1S/C13H14N2O4S/c1-9-3-8-12(16)13(14-9)15-20(17,18)11-6-4-10(19-2)5-7-11/h3-8,16H,1-2H3,(H,14,15). The molecule has 0 bridgehead atoms. The van der Waals surface area contributed by atoms with Crippen LogP contribution in [-0.2, 0) is 10.0 Å². The van der Waals surface area contributed by atoms with Crippen molar-refractivity contribution >= 4 is 15.8 Å². The molecule has 0 amide bonds. The lowest BCUT2D eigenvalue weighted by Crippen LogP contribution is -2.14. The molecule has 0 fully saturated rings. The van der Waals surface area contributed by atoms with Crippen LogP contribution in [0.3, 0.4) is 0 Å². The summed E-state index contributed by atoms with van der Waals surface area (Å²) in [5, 5.41) is 9.62. The summed E-state index contributed by atoms with van der Waals surface area (Å²) in [7, 11) is -2.31. The molecule has 2 aromatic rings. The van der Waals surface area contributed by atoms with E-state index in [1.807, 2.05) is 0 Å². The molecule has 0 aliphatic heterocycles. The molecule has 1 heterocycles. The fourth-order valence-electron chi connectivity index (χ4n) is 1.57. The molecule has 0 unspecified atom stereocenters. The van der Waals surface area contributed by atoms with Gasteiger partial charge in [-0.1, -0.05) is 0 Å². The van der Waals surface area contributed by atoms with Crippen LogP contribution < -0.4 is 9.46 Å². The van der Waals surface area contributed by atoms with Crippen molar-refractivity contribution in [3.8, 4) is 11.5 Å². The molecule has 0 aliphatic carbocycles. The Morgan fingerprint density at radius 2 is 1.80 bits per heavy atom. The molecular formula is C13H14N2O4S. The first-order valence-corrected chi connectivity index (χ1v) is 7.24. The molecule has 2 N–H and O–H groups in total. The van der Waals surface area contributed by atoms with Crippen LogP contribution >= 0.6 is 0 Å². The highest BCUT2D eigenvalue weighted by Crippen LogP contribution is 2.24. The van der Waals surface area contributed by atoms with E-state index in [0.717, 1.165) is 0 Å². The molecular weight excluding hydrogens is 280 g/mol. The van der Waals surface area contributed by atoms with Gasteiger partial charge in [-0.05, 0) is 43.3 Å². The minimum Gasteiger partial charge on any atom is -0.504 e. The number of ether oxygens (including phenoxy) is 1. The molecule has 2 rings (SSSR count). The molecule has 0 aliphatic rings. The third-order valence-electron chi connectivity index (χ3n) is 2.61. The third-order valence-corrected chi connectivity index (χ3v) is 3.97. The van der Waals surface area contributed by atoms with Crippen LogP contribution in [0.2, 0.25) is 0 Å². The van der Waals surface area contributed by atoms with E-state index in [-0.39, 0.29) is 16.5 Å². The Morgan fingerprint density at radius 3 is 2.40 bits per heavy atom. The quantitative estimate of drug-likeness (QED) is 0.899. The summed E-state index contributed by atoms with van der Waals surface area (Å²) in [5.74, 6) is 0.231. The zero-order chi connectivity index (χ0) is 14.8. The number of nitrogens with zero attached hydrogens (tertiary/aromatic N) is 1. The molecule has 0 radical (unpaired) electrons.